The highest BCUT2D eigenvalue weighted by Crippen LogP contribution is 2.30. The van der Waals surface area contributed by atoms with E-state index in [2.05, 4.69) is 15.3 Å². The number of aromatic nitrogens is 2. The number of halogens is 1. The van der Waals surface area contributed by atoms with Gasteiger partial charge in [-0.15, -0.1) is 0 Å². The summed E-state index contributed by atoms with van der Waals surface area (Å²) in [6.07, 6.45) is 0.709. The van der Waals surface area contributed by atoms with E-state index in [1.165, 1.54) is 14.2 Å². The third-order valence-corrected chi connectivity index (χ3v) is 5.36. The number of rotatable bonds is 5. The number of hydrogen-bond donors (Lipinski definition) is 2. The standard InChI is InChI=1S/C21H21ClN4O4/c1-29-16-4-3-5-17(30-2)18(16)20(28)26-9-8-13(11-26)23-21-24-15-10-12(22)6-7-14(15)19(27)25-21/h3-7,10,13H,8-9,11H2,1-2H3,(H2,23,24,25,27). The van der Waals surface area contributed by atoms with Gasteiger partial charge >= 0.3 is 0 Å². The molecular weight excluding hydrogens is 408 g/mol. The fraction of sp³-hybridized carbons (Fsp3) is 0.286. The molecule has 1 saturated heterocycles. The van der Waals surface area contributed by atoms with E-state index in [4.69, 9.17) is 21.1 Å². The number of aromatic amines is 1. The monoisotopic (exact) mass is 428 g/mol. The van der Waals surface area contributed by atoms with E-state index in [9.17, 15) is 9.59 Å². The Kier molecular flexibility index (Phi) is 5.50. The summed E-state index contributed by atoms with van der Waals surface area (Å²) in [5, 5.41) is 4.20. The summed E-state index contributed by atoms with van der Waals surface area (Å²) in [6.45, 7) is 1.01. The SMILES string of the molecule is COc1cccc(OC)c1C(=O)N1CCC(Nc2nc3cc(Cl)ccc3c(=O)[nH]2)C1. The maximum atomic E-state index is 13.1. The molecule has 1 unspecified atom stereocenters. The lowest BCUT2D eigenvalue weighted by molar-refractivity contribution is 0.0784. The van der Waals surface area contributed by atoms with E-state index < -0.39 is 0 Å². The number of ether oxygens (including phenoxy) is 2. The van der Waals surface area contributed by atoms with E-state index in [0.29, 0.717) is 58.4 Å². The van der Waals surface area contributed by atoms with Crippen LogP contribution in [0.3, 0.4) is 0 Å². The van der Waals surface area contributed by atoms with Crippen molar-refractivity contribution < 1.29 is 14.3 Å². The molecule has 1 aromatic heterocycles. The molecule has 1 amide bonds. The maximum absolute atomic E-state index is 13.1. The number of carbonyl (C=O) groups excluding carboxylic acids is 1. The number of benzene rings is 2. The van der Waals surface area contributed by atoms with Crippen LogP contribution in [0.15, 0.2) is 41.2 Å². The number of hydrogen-bond acceptors (Lipinski definition) is 6. The van der Waals surface area contributed by atoms with Crippen LogP contribution in [0.4, 0.5) is 5.95 Å². The Morgan fingerprint density at radius 2 is 1.97 bits per heavy atom. The average Bonchev–Trinajstić information content (AvgIpc) is 3.20. The highest BCUT2D eigenvalue weighted by molar-refractivity contribution is 6.31. The molecule has 0 saturated carbocycles. The molecular formula is C21H21ClN4O4. The van der Waals surface area contributed by atoms with E-state index >= 15 is 0 Å². The zero-order valence-electron chi connectivity index (χ0n) is 16.6. The molecule has 1 atom stereocenters. The minimum absolute atomic E-state index is 0.0607. The number of nitrogens with zero attached hydrogens (tertiary/aromatic N) is 2. The summed E-state index contributed by atoms with van der Waals surface area (Å²) in [7, 11) is 3.04. The van der Waals surface area contributed by atoms with Gasteiger partial charge in [0, 0.05) is 24.2 Å². The van der Waals surface area contributed by atoms with Gasteiger partial charge in [0.2, 0.25) is 5.95 Å². The molecule has 0 radical (unpaired) electrons. The Hall–Kier alpha value is -3.26. The van der Waals surface area contributed by atoms with Gasteiger partial charge in [0.25, 0.3) is 11.5 Å². The van der Waals surface area contributed by atoms with Gasteiger partial charge in [-0.25, -0.2) is 4.98 Å². The second-order valence-electron chi connectivity index (χ2n) is 6.99. The van der Waals surface area contributed by atoms with E-state index in [1.807, 2.05) is 0 Å². The van der Waals surface area contributed by atoms with Crippen LogP contribution in [0.1, 0.15) is 16.8 Å². The quantitative estimate of drug-likeness (QED) is 0.648. The van der Waals surface area contributed by atoms with Crippen LogP contribution in [0.2, 0.25) is 5.02 Å². The normalized spacial score (nSPS) is 16.0. The van der Waals surface area contributed by atoms with Crippen molar-refractivity contribution in [3.05, 3.63) is 57.3 Å². The summed E-state index contributed by atoms with van der Waals surface area (Å²) >= 11 is 6.02. The molecule has 2 heterocycles. The number of anilines is 1. The zero-order valence-corrected chi connectivity index (χ0v) is 17.3. The third-order valence-electron chi connectivity index (χ3n) is 5.13. The Bertz CT molecular complexity index is 1140. The van der Waals surface area contributed by atoms with Crippen LogP contribution >= 0.6 is 11.6 Å². The van der Waals surface area contributed by atoms with Gasteiger partial charge in [-0.2, -0.15) is 0 Å². The smallest absolute Gasteiger partial charge is 0.261 e. The van der Waals surface area contributed by atoms with Crippen molar-refractivity contribution in [2.24, 2.45) is 0 Å². The summed E-state index contributed by atoms with van der Waals surface area (Å²) in [5.41, 5.74) is 0.664. The second kappa shape index (κ2) is 8.23. The number of methoxy groups -OCH3 is 2. The molecule has 30 heavy (non-hydrogen) atoms. The van der Waals surface area contributed by atoms with Crippen molar-refractivity contribution in [1.29, 1.82) is 0 Å². The Labute approximate surface area is 177 Å². The molecule has 8 nitrogen and oxygen atoms in total. The number of nitrogens with one attached hydrogen (secondary N) is 2. The number of amides is 1. The lowest BCUT2D eigenvalue weighted by Crippen LogP contribution is -2.32. The molecule has 1 aliphatic rings. The van der Waals surface area contributed by atoms with E-state index in [-0.39, 0.29) is 17.5 Å². The van der Waals surface area contributed by atoms with E-state index in [0.717, 1.165) is 0 Å². The van der Waals surface area contributed by atoms with Gasteiger partial charge in [0.15, 0.2) is 0 Å². The van der Waals surface area contributed by atoms with Gasteiger partial charge in [0.05, 0.1) is 25.1 Å². The largest absolute Gasteiger partial charge is 0.496 e. The average molecular weight is 429 g/mol. The lowest BCUT2D eigenvalue weighted by atomic mass is 10.1. The third kappa shape index (κ3) is 3.78. The van der Waals surface area contributed by atoms with Crippen molar-refractivity contribution >= 4 is 34.4 Å². The van der Waals surface area contributed by atoms with Crippen molar-refractivity contribution in [3.63, 3.8) is 0 Å². The van der Waals surface area contributed by atoms with Gasteiger partial charge in [0.1, 0.15) is 17.1 Å². The lowest BCUT2D eigenvalue weighted by Gasteiger charge is -2.20. The first-order valence-corrected chi connectivity index (χ1v) is 9.84. The molecule has 156 valence electrons. The van der Waals surface area contributed by atoms with Gasteiger partial charge < -0.3 is 19.7 Å². The highest BCUT2D eigenvalue weighted by Gasteiger charge is 2.30. The van der Waals surface area contributed by atoms with Crippen LogP contribution in [-0.4, -0.2) is 54.1 Å². The van der Waals surface area contributed by atoms with Crippen LogP contribution < -0.4 is 20.3 Å². The number of fused-ring (bicyclic) bond motifs is 1. The van der Waals surface area contributed by atoms with Gasteiger partial charge in [-0.1, -0.05) is 17.7 Å². The number of likely N-dealkylation sites (tertiary alicyclic amines) is 1. The fourth-order valence-corrected chi connectivity index (χ4v) is 3.82. The predicted molar refractivity (Wildman–Crippen MR) is 115 cm³/mol. The summed E-state index contributed by atoms with van der Waals surface area (Å²) in [5.74, 6) is 1.12. The minimum Gasteiger partial charge on any atom is -0.496 e. The summed E-state index contributed by atoms with van der Waals surface area (Å²) < 4.78 is 10.7. The number of H-pyrrole nitrogens is 1. The molecule has 1 aliphatic heterocycles. The molecule has 0 bridgehead atoms. The highest BCUT2D eigenvalue weighted by atomic mass is 35.5. The van der Waals surface area contributed by atoms with Crippen molar-refractivity contribution in [1.82, 2.24) is 14.9 Å². The van der Waals surface area contributed by atoms with Crippen LogP contribution in [0.5, 0.6) is 11.5 Å². The molecule has 1 fully saturated rings. The Balaban J connectivity index is 1.52. The van der Waals surface area contributed by atoms with Crippen molar-refractivity contribution in [2.45, 2.75) is 12.5 Å². The summed E-state index contributed by atoms with van der Waals surface area (Å²) in [6, 6.07) is 10.1. The Morgan fingerprint density at radius 1 is 1.23 bits per heavy atom. The van der Waals surface area contributed by atoms with Gasteiger partial charge in [-0.3, -0.25) is 14.6 Å². The van der Waals surface area contributed by atoms with Crippen molar-refractivity contribution in [2.75, 3.05) is 32.6 Å². The molecule has 4 rings (SSSR count). The predicted octanol–water partition coefficient (Wildman–Crippen LogP) is 2.92. The van der Waals surface area contributed by atoms with Crippen LogP contribution in [0.25, 0.3) is 10.9 Å². The maximum Gasteiger partial charge on any atom is 0.261 e. The fourth-order valence-electron chi connectivity index (χ4n) is 3.66. The van der Waals surface area contributed by atoms with Crippen LogP contribution in [0, 0.1) is 0 Å². The van der Waals surface area contributed by atoms with Crippen LogP contribution in [-0.2, 0) is 0 Å². The molecule has 0 spiro atoms. The first-order chi connectivity index (χ1) is 14.5. The second-order valence-corrected chi connectivity index (χ2v) is 7.43. The molecule has 3 aromatic rings. The molecule has 9 heteroatoms. The minimum atomic E-state index is -0.246. The Morgan fingerprint density at radius 3 is 2.67 bits per heavy atom. The van der Waals surface area contributed by atoms with Crippen molar-refractivity contribution in [3.8, 4) is 11.5 Å². The first-order valence-electron chi connectivity index (χ1n) is 9.46. The summed E-state index contributed by atoms with van der Waals surface area (Å²) in [4.78, 5) is 34.4. The number of carbonyl (C=O) groups is 1. The van der Waals surface area contributed by atoms with E-state index in [1.54, 1.807) is 41.3 Å². The topological polar surface area (TPSA) is 96.6 Å². The molecule has 2 aromatic carbocycles. The molecule has 0 aliphatic carbocycles. The zero-order chi connectivity index (χ0) is 21.3. The molecule has 2 N–H and O–H groups in total. The first kappa shape index (κ1) is 20.0. The van der Waals surface area contributed by atoms with Gasteiger partial charge in [-0.05, 0) is 36.8 Å².